The largest absolute Gasteiger partial charge is 0.398 e. The summed E-state index contributed by atoms with van der Waals surface area (Å²) >= 11 is 3.83. The van der Waals surface area contributed by atoms with E-state index >= 15 is 0 Å². The molecular weight excluding hydrogens is 383 g/mol. The molecule has 20 heavy (non-hydrogen) atoms. The van der Waals surface area contributed by atoms with Crippen molar-refractivity contribution in [2.24, 2.45) is 0 Å². The van der Waals surface area contributed by atoms with Gasteiger partial charge in [-0.1, -0.05) is 25.1 Å². The zero-order valence-corrected chi connectivity index (χ0v) is 14.3. The van der Waals surface area contributed by atoms with E-state index in [4.69, 9.17) is 5.73 Å². The number of amides is 1. The molecule has 1 heterocycles. The Morgan fingerprint density at radius 2 is 2.15 bits per heavy atom. The van der Waals surface area contributed by atoms with Crippen LogP contribution >= 0.6 is 33.9 Å². The molecule has 3 nitrogen and oxygen atoms in total. The first-order valence-electron chi connectivity index (χ1n) is 6.48. The monoisotopic (exact) mass is 400 g/mol. The molecule has 106 valence electrons. The number of carbonyl (C=O) groups is 1. The Bertz CT molecular complexity index is 597. The first-order valence-corrected chi connectivity index (χ1v) is 8.44. The molecule has 0 aliphatic rings. The van der Waals surface area contributed by atoms with Gasteiger partial charge in [-0.2, -0.15) is 0 Å². The molecule has 1 aromatic heterocycles. The number of para-hydroxylation sites is 1. The summed E-state index contributed by atoms with van der Waals surface area (Å²) in [6.45, 7) is 3.37. The number of nitrogens with two attached hydrogens (primary N) is 1. The average molecular weight is 400 g/mol. The fraction of sp³-hybridized carbons (Fsp3) is 0.267. The molecule has 5 heteroatoms. The van der Waals surface area contributed by atoms with Gasteiger partial charge in [0, 0.05) is 24.2 Å². The summed E-state index contributed by atoms with van der Waals surface area (Å²) in [7, 11) is 0. The van der Waals surface area contributed by atoms with E-state index in [-0.39, 0.29) is 5.91 Å². The van der Waals surface area contributed by atoms with Gasteiger partial charge in [0.15, 0.2) is 0 Å². The van der Waals surface area contributed by atoms with Crippen molar-refractivity contribution in [3.05, 3.63) is 49.7 Å². The van der Waals surface area contributed by atoms with E-state index in [2.05, 4.69) is 29.5 Å². The Hall–Kier alpha value is -1.08. The van der Waals surface area contributed by atoms with Gasteiger partial charge in [0.25, 0.3) is 5.91 Å². The van der Waals surface area contributed by atoms with Crippen LogP contribution in [0.15, 0.2) is 35.7 Å². The zero-order chi connectivity index (χ0) is 14.5. The average Bonchev–Trinajstić information content (AvgIpc) is 2.86. The molecule has 0 saturated carbocycles. The number of rotatable bonds is 5. The molecule has 0 aliphatic heterocycles. The van der Waals surface area contributed by atoms with Crippen molar-refractivity contribution >= 4 is 45.5 Å². The van der Waals surface area contributed by atoms with Gasteiger partial charge in [0.2, 0.25) is 0 Å². The smallest absolute Gasteiger partial charge is 0.255 e. The molecule has 2 aromatic rings. The van der Waals surface area contributed by atoms with Crippen LogP contribution < -0.4 is 5.73 Å². The van der Waals surface area contributed by atoms with Crippen LogP contribution in [0.25, 0.3) is 0 Å². The number of anilines is 1. The van der Waals surface area contributed by atoms with E-state index in [9.17, 15) is 4.79 Å². The van der Waals surface area contributed by atoms with Crippen molar-refractivity contribution in [3.63, 3.8) is 0 Å². The molecule has 0 fully saturated rings. The second kappa shape index (κ2) is 7.08. The molecule has 2 rings (SSSR count). The summed E-state index contributed by atoms with van der Waals surface area (Å²) in [5, 5.41) is 1.92. The van der Waals surface area contributed by atoms with Crippen molar-refractivity contribution in [2.45, 2.75) is 19.9 Å². The highest BCUT2D eigenvalue weighted by Gasteiger charge is 2.17. The molecule has 0 bridgehead atoms. The molecule has 2 N–H and O–H groups in total. The van der Waals surface area contributed by atoms with Crippen LogP contribution in [0.2, 0.25) is 0 Å². The van der Waals surface area contributed by atoms with Gasteiger partial charge < -0.3 is 10.6 Å². The van der Waals surface area contributed by atoms with Gasteiger partial charge in [0.1, 0.15) is 0 Å². The maximum atomic E-state index is 12.6. The van der Waals surface area contributed by atoms with Gasteiger partial charge in [-0.15, -0.1) is 11.3 Å². The molecule has 0 aliphatic carbocycles. The number of hydrogen-bond acceptors (Lipinski definition) is 3. The summed E-state index contributed by atoms with van der Waals surface area (Å²) in [4.78, 5) is 14.4. The lowest BCUT2D eigenvalue weighted by atomic mass is 10.1. The molecule has 0 radical (unpaired) electrons. The van der Waals surface area contributed by atoms with Gasteiger partial charge in [-0.25, -0.2) is 0 Å². The predicted molar refractivity (Wildman–Crippen MR) is 92.9 cm³/mol. The second-order valence-corrected chi connectivity index (χ2v) is 7.37. The summed E-state index contributed by atoms with van der Waals surface area (Å²) in [5.74, 6) is 0.0780. The normalized spacial score (nSPS) is 10.5. The topological polar surface area (TPSA) is 46.3 Å². The maximum absolute atomic E-state index is 12.6. The van der Waals surface area contributed by atoms with E-state index in [1.54, 1.807) is 11.3 Å². The van der Waals surface area contributed by atoms with Gasteiger partial charge >= 0.3 is 0 Å². The van der Waals surface area contributed by atoms with Crippen LogP contribution in [0.3, 0.4) is 0 Å². The zero-order valence-electron chi connectivity index (χ0n) is 11.3. The Morgan fingerprint density at radius 1 is 1.40 bits per heavy atom. The molecule has 0 saturated heterocycles. The van der Waals surface area contributed by atoms with Crippen LogP contribution in [0.1, 0.15) is 29.3 Å². The molecule has 1 aromatic carbocycles. The quantitative estimate of drug-likeness (QED) is 0.610. The van der Waals surface area contributed by atoms with Crippen molar-refractivity contribution < 1.29 is 4.79 Å². The Balaban J connectivity index is 2.19. The summed E-state index contributed by atoms with van der Waals surface area (Å²) in [5.41, 5.74) is 8.47. The van der Waals surface area contributed by atoms with Crippen LogP contribution in [-0.2, 0) is 6.54 Å². The van der Waals surface area contributed by atoms with Gasteiger partial charge in [0.05, 0.1) is 8.45 Å². The molecular formula is C15H17IN2OS. The second-order valence-electron chi connectivity index (χ2n) is 4.57. The van der Waals surface area contributed by atoms with Gasteiger partial charge in [-0.3, -0.25) is 4.79 Å². The van der Waals surface area contributed by atoms with E-state index < -0.39 is 0 Å². The van der Waals surface area contributed by atoms with E-state index in [0.717, 1.165) is 32.7 Å². The van der Waals surface area contributed by atoms with Crippen molar-refractivity contribution in [1.82, 2.24) is 4.90 Å². The van der Waals surface area contributed by atoms with Crippen LogP contribution in [0, 0.1) is 2.88 Å². The SMILES string of the molecule is CCCN(Cc1ccccc1N)C(=O)c1csc(I)c1. The van der Waals surface area contributed by atoms with E-state index in [1.165, 1.54) is 0 Å². The predicted octanol–water partition coefficient (Wildman–Crippen LogP) is 3.99. The number of hydrogen-bond donors (Lipinski definition) is 1. The minimum absolute atomic E-state index is 0.0780. The fourth-order valence-electron chi connectivity index (χ4n) is 2.01. The molecule has 0 unspecified atom stereocenters. The van der Waals surface area contributed by atoms with Crippen LogP contribution in [0.4, 0.5) is 5.69 Å². The van der Waals surface area contributed by atoms with Gasteiger partial charge in [-0.05, 0) is 46.7 Å². The number of benzene rings is 1. The summed E-state index contributed by atoms with van der Waals surface area (Å²) in [6.07, 6.45) is 0.930. The first-order chi connectivity index (χ1) is 9.61. The molecule has 1 amide bonds. The van der Waals surface area contributed by atoms with Crippen LogP contribution in [0.5, 0.6) is 0 Å². The lowest BCUT2D eigenvalue weighted by molar-refractivity contribution is 0.0744. The number of halogens is 1. The number of carbonyl (C=O) groups excluding carboxylic acids is 1. The third-order valence-electron chi connectivity index (χ3n) is 3.01. The standard InChI is InChI=1S/C15H17IN2OS/c1-2-7-18(9-11-5-3-4-6-13(11)17)15(19)12-8-14(16)20-10-12/h3-6,8,10H,2,7,9,17H2,1H3. The third-order valence-corrected chi connectivity index (χ3v) is 4.80. The highest BCUT2D eigenvalue weighted by molar-refractivity contribution is 14.1. The first kappa shape index (κ1) is 15.3. The highest BCUT2D eigenvalue weighted by Crippen LogP contribution is 2.20. The summed E-state index contributed by atoms with van der Waals surface area (Å²) < 4.78 is 1.13. The Kier molecular flexibility index (Phi) is 5.42. The lowest BCUT2D eigenvalue weighted by Gasteiger charge is -2.22. The van der Waals surface area contributed by atoms with Crippen molar-refractivity contribution in [3.8, 4) is 0 Å². The number of nitrogens with zero attached hydrogens (tertiary/aromatic N) is 1. The van der Waals surface area contributed by atoms with Crippen molar-refractivity contribution in [1.29, 1.82) is 0 Å². The lowest BCUT2D eigenvalue weighted by Crippen LogP contribution is -2.31. The Labute approximate surface area is 136 Å². The molecule has 0 spiro atoms. The Morgan fingerprint density at radius 3 is 2.75 bits per heavy atom. The maximum Gasteiger partial charge on any atom is 0.255 e. The minimum atomic E-state index is 0.0780. The van der Waals surface area contributed by atoms with Crippen molar-refractivity contribution in [2.75, 3.05) is 12.3 Å². The number of nitrogen functional groups attached to an aromatic ring is 1. The van der Waals surface area contributed by atoms with E-state index in [0.29, 0.717) is 6.54 Å². The van der Waals surface area contributed by atoms with E-state index in [1.807, 2.05) is 40.6 Å². The third kappa shape index (κ3) is 3.73. The van der Waals surface area contributed by atoms with Crippen LogP contribution in [-0.4, -0.2) is 17.4 Å². The fourth-order valence-corrected chi connectivity index (χ4v) is 3.33. The highest BCUT2D eigenvalue weighted by atomic mass is 127. The minimum Gasteiger partial charge on any atom is -0.398 e. The number of thiophene rings is 1. The summed E-state index contributed by atoms with van der Waals surface area (Å²) in [6, 6.07) is 9.64. The molecule has 0 atom stereocenters.